The number of hydrogen-bond acceptors (Lipinski definition) is 5. The highest BCUT2D eigenvalue weighted by molar-refractivity contribution is 5.38. The third-order valence-electron chi connectivity index (χ3n) is 1.72. The fourth-order valence-corrected chi connectivity index (χ4v) is 1.13. The number of rotatable bonds is 6. The molecule has 1 aromatic heterocycles. The van der Waals surface area contributed by atoms with Crippen molar-refractivity contribution in [2.45, 2.75) is 20.3 Å². The van der Waals surface area contributed by atoms with Gasteiger partial charge >= 0.3 is 0 Å². The molecule has 0 spiro atoms. The number of hydrogen-bond donors (Lipinski definition) is 2. The zero-order valence-electron chi connectivity index (χ0n) is 9.16. The van der Waals surface area contributed by atoms with E-state index < -0.39 is 0 Å². The van der Waals surface area contributed by atoms with Crippen molar-refractivity contribution in [3.63, 3.8) is 0 Å². The predicted molar refractivity (Wildman–Crippen MR) is 58.1 cm³/mol. The van der Waals surface area contributed by atoms with Crippen LogP contribution in [-0.4, -0.2) is 34.8 Å². The fraction of sp³-hybridized carbons (Fsp3) is 0.600. The summed E-state index contributed by atoms with van der Waals surface area (Å²) in [4.78, 5) is 8.33. The largest absolute Gasteiger partial charge is 0.477 e. The van der Waals surface area contributed by atoms with E-state index in [-0.39, 0.29) is 6.61 Å². The average molecular weight is 211 g/mol. The Bertz CT molecular complexity index is 305. The van der Waals surface area contributed by atoms with Gasteiger partial charge in [0, 0.05) is 25.6 Å². The monoisotopic (exact) mass is 211 g/mol. The van der Waals surface area contributed by atoms with E-state index in [4.69, 9.17) is 9.84 Å². The molecule has 0 aromatic carbocycles. The average Bonchev–Trinajstić information content (AvgIpc) is 2.18. The van der Waals surface area contributed by atoms with E-state index >= 15 is 0 Å². The Morgan fingerprint density at radius 1 is 1.47 bits per heavy atom. The Kier molecular flexibility index (Phi) is 4.83. The van der Waals surface area contributed by atoms with E-state index in [1.54, 1.807) is 6.07 Å². The molecule has 0 aliphatic carbocycles. The molecule has 0 amide bonds. The number of aromatic nitrogens is 2. The maximum absolute atomic E-state index is 8.61. The molecular weight excluding hydrogens is 194 g/mol. The molecular formula is C10H17N3O2. The molecule has 0 unspecified atom stereocenters. The summed E-state index contributed by atoms with van der Waals surface area (Å²) in [6.07, 6.45) is 0.611. The standard InChI is InChI=1S/C10H17N3O2/c1-3-11-9-7-10(13-8(2)12-9)15-6-4-5-14/h7,14H,3-6H2,1-2H3,(H,11,12,13). The van der Waals surface area contributed by atoms with Crippen molar-refractivity contribution in [1.29, 1.82) is 0 Å². The zero-order valence-corrected chi connectivity index (χ0v) is 9.16. The van der Waals surface area contributed by atoms with Crippen LogP contribution >= 0.6 is 0 Å². The Morgan fingerprint density at radius 3 is 2.93 bits per heavy atom. The Labute approximate surface area is 89.5 Å². The number of ether oxygens (including phenoxy) is 1. The molecule has 2 N–H and O–H groups in total. The normalized spacial score (nSPS) is 10.1. The molecule has 84 valence electrons. The summed E-state index contributed by atoms with van der Waals surface area (Å²) in [6.45, 7) is 5.23. The second-order valence-corrected chi connectivity index (χ2v) is 3.09. The number of aliphatic hydroxyl groups excluding tert-OH is 1. The van der Waals surface area contributed by atoms with E-state index in [0.717, 1.165) is 12.4 Å². The summed E-state index contributed by atoms with van der Waals surface area (Å²) in [5.74, 6) is 1.99. The molecule has 0 radical (unpaired) electrons. The highest BCUT2D eigenvalue weighted by Gasteiger charge is 2.01. The minimum absolute atomic E-state index is 0.129. The van der Waals surface area contributed by atoms with E-state index in [0.29, 0.717) is 24.7 Å². The number of anilines is 1. The van der Waals surface area contributed by atoms with Gasteiger partial charge in [0.2, 0.25) is 5.88 Å². The van der Waals surface area contributed by atoms with Crippen LogP contribution in [0.2, 0.25) is 0 Å². The van der Waals surface area contributed by atoms with Gasteiger partial charge in [-0.3, -0.25) is 0 Å². The molecule has 15 heavy (non-hydrogen) atoms. The van der Waals surface area contributed by atoms with Crippen LogP contribution in [0.5, 0.6) is 5.88 Å². The van der Waals surface area contributed by atoms with Crippen LogP contribution in [0.3, 0.4) is 0 Å². The van der Waals surface area contributed by atoms with E-state index in [1.165, 1.54) is 0 Å². The summed E-state index contributed by atoms with van der Waals surface area (Å²) < 4.78 is 5.36. The molecule has 1 heterocycles. The first-order chi connectivity index (χ1) is 7.26. The minimum atomic E-state index is 0.129. The van der Waals surface area contributed by atoms with Crippen molar-refractivity contribution in [1.82, 2.24) is 9.97 Å². The number of aliphatic hydroxyl groups is 1. The van der Waals surface area contributed by atoms with Gasteiger partial charge in [0.25, 0.3) is 0 Å². The highest BCUT2D eigenvalue weighted by atomic mass is 16.5. The van der Waals surface area contributed by atoms with Crippen LogP contribution in [-0.2, 0) is 0 Å². The minimum Gasteiger partial charge on any atom is -0.477 e. The maximum atomic E-state index is 8.61. The quantitative estimate of drug-likeness (QED) is 0.686. The van der Waals surface area contributed by atoms with Gasteiger partial charge in [-0.05, 0) is 13.8 Å². The second-order valence-electron chi connectivity index (χ2n) is 3.09. The highest BCUT2D eigenvalue weighted by Crippen LogP contribution is 2.13. The van der Waals surface area contributed by atoms with Crippen molar-refractivity contribution >= 4 is 5.82 Å². The second kappa shape index (κ2) is 6.19. The summed E-state index contributed by atoms with van der Waals surface area (Å²) in [5, 5.41) is 11.7. The lowest BCUT2D eigenvalue weighted by molar-refractivity contribution is 0.229. The van der Waals surface area contributed by atoms with Crippen molar-refractivity contribution in [3.8, 4) is 5.88 Å². The molecule has 0 saturated carbocycles. The molecule has 5 nitrogen and oxygen atoms in total. The van der Waals surface area contributed by atoms with Gasteiger partial charge in [-0.25, -0.2) is 4.98 Å². The summed E-state index contributed by atoms with van der Waals surface area (Å²) in [5.41, 5.74) is 0. The smallest absolute Gasteiger partial charge is 0.218 e. The van der Waals surface area contributed by atoms with Crippen LogP contribution in [0.15, 0.2) is 6.07 Å². The first kappa shape index (κ1) is 11.7. The SMILES string of the molecule is CCNc1cc(OCCCO)nc(C)n1. The van der Waals surface area contributed by atoms with Crippen LogP contribution < -0.4 is 10.1 Å². The van der Waals surface area contributed by atoms with Crippen LogP contribution in [0, 0.1) is 6.92 Å². The summed E-state index contributed by atoms with van der Waals surface area (Å²) in [6, 6.07) is 1.76. The van der Waals surface area contributed by atoms with Gasteiger partial charge in [-0.2, -0.15) is 4.98 Å². The molecule has 1 aromatic rings. The van der Waals surface area contributed by atoms with Gasteiger partial charge in [0.1, 0.15) is 11.6 Å². The zero-order chi connectivity index (χ0) is 11.1. The first-order valence-electron chi connectivity index (χ1n) is 5.09. The first-order valence-corrected chi connectivity index (χ1v) is 5.09. The van der Waals surface area contributed by atoms with E-state index in [1.807, 2.05) is 13.8 Å². The van der Waals surface area contributed by atoms with Crippen molar-refractivity contribution in [2.75, 3.05) is 25.1 Å². The molecule has 0 fully saturated rings. The fourth-order valence-electron chi connectivity index (χ4n) is 1.13. The Balaban J connectivity index is 2.62. The van der Waals surface area contributed by atoms with Gasteiger partial charge in [-0.15, -0.1) is 0 Å². The number of nitrogens with one attached hydrogen (secondary N) is 1. The predicted octanol–water partition coefficient (Wildman–Crippen LogP) is 0.978. The van der Waals surface area contributed by atoms with E-state index in [9.17, 15) is 0 Å². The number of nitrogens with zero attached hydrogens (tertiary/aromatic N) is 2. The Hall–Kier alpha value is -1.36. The molecule has 0 atom stereocenters. The number of aryl methyl sites for hydroxylation is 1. The third-order valence-corrected chi connectivity index (χ3v) is 1.72. The van der Waals surface area contributed by atoms with Gasteiger partial charge < -0.3 is 15.2 Å². The van der Waals surface area contributed by atoms with Crippen LogP contribution in [0.25, 0.3) is 0 Å². The lowest BCUT2D eigenvalue weighted by Gasteiger charge is -2.07. The molecule has 0 aliphatic heterocycles. The van der Waals surface area contributed by atoms with E-state index in [2.05, 4.69) is 15.3 Å². The molecule has 0 saturated heterocycles. The van der Waals surface area contributed by atoms with Crippen LogP contribution in [0.1, 0.15) is 19.2 Å². The van der Waals surface area contributed by atoms with Crippen LogP contribution in [0.4, 0.5) is 5.82 Å². The van der Waals surface area contributed by atoms with Crippen molar-refractivity contribution < 1.29 is 9.84 Å². The van der Waals surface area contributed by atoms with Gasteiger partial charge in [0.05, 0.1) is 6.61 Å². The van der Waals surface area contributed by atoms with Gasteiger partial charge in [0.15, 0.2) is 0 Å². The lowest BCUT2D eigenvalue weighted by atomic mass is 10.5. The lowest BCUT2D eigenvalue weighted by Crippen LogP contribution is -2.05. The molecule has 1 rings (SSSR count). The summed E-state index contributed by atoms with van der Waals surface area (Å²) in [7, 11) is 0. The maximum Gasteiger partial charge on any atom is 0.218 e. The summed E-state index contributed by atoms with van der Waals surface area (Å²) >= 11 is 0. The van der Waals surface area contributed by atoms with Crippen molar-refractivity contribution in [3.05, 3.63) is 11.9 Å². The van der Waals surface area contributed by atoms with Crippen molar-refractivity contribution in [2.24, 2.45) is 0 Å². The topological polar surface area (TPSA) is 67.3 Å². The van der Waals surface area contributed by atoms with Gasteiger partial charge in [-0.1, -0.05) is 0 Å². The third kappa shape index (κ3) is 4.12. The molecule has 5 heteroatoms. The molecule has 0 aliphatic rings. The molecule has 0 bridgehead atoms. The Morgan fingerprint density at radius 2 is 2.27 bits per heavy atom.